The lowest BCUT2D eigenvalue weighted by molar-refractivity contribution is -0.165. The monoisotopic (exact) mass is 250 g/mol. The van der Waals surface area contributed by atoms with Crippen LogP contribution in [0.2, 0.25) is 0 Å². The highest BCUT2D eigenvalue weighted by atomic mass is 32.5. The Balaban J connectivity index is 2.73. The molecule has 1 N–H and O–H groups in total. The van der Waals surface area contributed by atoms with E-state index in [1.165, 1.54) is 7.11 Å². The third kappa shape index (κ3) is 3.23. The normalized spacial score (nSPS) is 32.9. The molecule has 0 aromatic heterocycles. The fourth-order valence-corrected chi connectivity index (χ4v) is 2.96. The number of nitrogens with zero attached hydrogens (tertiary/aromatic N) is 2. The highest BCUT2D eigenvalue weighted by molar-refractivity contribution is 8.09. The predicted octanol–water partition coefficient (Wildman–Crippen LogP) is -0.436. The van der Waals surface area contributed by atoms with Gasteiger partial charge < -0.3 is 14.4 Å². The van der Waals surface area contributed by atoms with Crippen molar-refractivity contribution in [1.82, 2.24) is 9.34 Å². The maximum absolute atomic E-state index is 10.2. The van der Waals surface area contributed by atoms with Crippen molar-refractivity contribution < 1.29 is 14.4 Å². The lowest BCUT2D eigenvalue weighted by Crippen LogP contribution is -2.48. The number of methoxy groups -OCH3 is 1. The minimum atomic E-state index is -2.67. The standard InChI is InChI=1S/C7H16BN2O3PS/c1-9(2)14(11,15)10-4-6(8)13-7(5-10)12-3/h6-7H,4-5H2,1-3H3,(H,11,15). The predicted molar refractivity (Wildman–Crippen MR) is 63.2 cm³/mol. The highest BCUT2D eigenvalue weighted by Crippen LogP contribution is 2.48. The summed E-state index contributed by atoms with van der Waals surface area (Å²) in [6, 6.07) is -0.474. The van der Waals surface area contributed by atoms with Crippen LogP contribution in [0.25, 0.3) is 0 Å². The van der Waals surface area contributed by atoms with Crippen molar-refractivity contribution in [3.05, 3.63) is 0 Å². The van der Waals surface area contributed by atoms with Gasteiger partial charge in [0.2, 0.25) is 0 Å². The Morgan fingerprint density at radius 3 is 2.67 bits per heavy atom. The molecular weight excluding hydrogens is 234 g/mol. The summed E-state index contributed by atoms with van der Waals surface area (Å²) in [7, 11) is 10.7. The molecule has 1 aliphatic heterocycles. The molecule has 1 rings (SSSR count). The number of morpholine rings is 1. The first-order valence-electron chi connectivity index (χ1n) is 4.57. The number of hydrogen-bond acceptors (Lipinski definition) is 3. The minimum absolute atomic E-state index is 0.422. The second kappa shape index (κ2) is 5.23. The molecule has 1 fully saturated rings. The third-order valence-corrected chi connectivity index (χ3v) is 6.01. The van der Waals surface area contributed by atoms with Crippen LogP contribution in [0.3, 0.4) is 0 Å². The van der Waals surface area contributed by atoms with Gasteiger partial charge in [-0.1, -0.05) is 0 Å². The molecule has 86 valence electrons. The number of rotatable bonds is 3. The van der Waals surface area contributed by atoms with E-state index >= 15 is 0 Å². The van der Waals surface area contributed by atoms with Crippen LogP contribution in [0.15, 0.2) is 0 Å². The van der Waals surface area contributed by atoms with Gasteiger partial charge in [0.05, 0.1) is 6.54 Å². The zero-order valence-corrected chi connectivity index (χ0v) is 10.9. The smallest absolute Gasteiger partial charge is 0.200 e. The Hall–Kier alpha value is 0.515. The van der Waals surface area contributed by atoms with E-state index in [0.717, 1.165) is 0 Å². The molecule has 0 aromatic rings. The summed E-state index contributed by atoms with van der Waals surface area (Å²) < 4.78 is 13.8. The van der Waals surface area contributed by atoms with Crippen molar-refractivity contribution in [1.29, 1.82) is 0 Å². The van der Waals surface area contributed by atoms with Gasteiger partial charge in [-0.25, -0.2) is 9.34 Å². The van der Waals surface area contributed by atoms with Crippen LogP contribution < -0.4 is 0 Å². The van der Waals surface area contributed by atoms with Gasteiger partial charge in [0.15, 0.2) is 12.9 Å². The number of ether oxygens (including phenoxy) is 2. The third-order valence-electron chi connectivity index (χ3n) is 2.23. The van der Waals surface area contributed by atoms with Gasteiger partial charge in [0, 0.05) is 19.7 Å². The van der Waals surface area contributed by atoms with Crippen LogP contribution in [-0.2, 0) is 21.3 Å². The first-order chi connectivity index (χ1) is 6.87. The molecule has 1 aliphatic rings. The fraction of sp³-hybridized carbons (Fsp3) is 1.00. The first-order valence-corrected chi connectivity index (χ1v) is 7.24. The molecule has 1 saturated heterocycles. The average molecular weight is 250 g/mol. The molecule has 0 aliphatic carbocycles. The van der Waals surface area contributed by atoms with Crippen LogP contribution in [0.5, 0.6) is 0 Å². The van der Waals surface area contributed by atoms with Crippen molar-refractivity contribution in [2.24, 2.45) is 0 Å². The Labute approximate surface area is 96.9 Å². The Bertz CT molecular complexity index is 269. The maximum Gasteiger partial charge on any atom is 0.200 e. The summed E-state index contributed by atoms with van der Waals surface area (Å²) in [6.07, 6.45) is -0.428. The number of hydrogen-bond donors (Lipinski definition) is 1. The van der Waals surface area contributed by atoms with Gasteiger partial charge in [-0.3, -0.25) is 0 Å². The molecule has 0 saturated carbocycles. The zero-order valence-electron chi connectivity index (χ0n) is 9.16. The molecular formula is C7H16BN2O3PS. The van der Waals surface area contributed by atoms with Gasteiger partial charge in [-0.05, 0) is 25.9 Å². The van der Waals surface area contributed by atoms with Gasteiger partial charge >= 0.3 is 0 Å². The van der Waals surface area contributed by atoms with E-state index in [4.69, 9.17) is 29.1 Å². The van der Waals surface area contributed by atoms with E-state index in [0.29, 0.717) is 13.1 Å². The lowest BCUT2D eigenvalue weighted by atomic mass is 9.99. The van der Waals surface area contributed by atoms with Crippen molar-refractivity contribution in [3.8, 4) is 0 Å². The van der Waals surface area contributed by atoms with E-state index in [2.05, 4.69) is 0 Å². The van der Waals surface area contributed by atoms with E-state index in [1.807, 2.05) is 0 Å². The van der Waals surface area contributed by atoms with E-state index in [-0.39, 0.29) is 0 Å². The second-order valence-electron chi connectivity index (χ2n) is 3.57. The van der Waals surface area contributed by atoms with Gasteiger partial charge in [0.25, 0.3) is 0 Å². The summed E-state index contributed by atoms with van der Waals surface area (Å²) in [5.74, 6) is 0. The van der Waals surface area contributed by atoms with E-state index in [1.54, 1.807) is 23.4 Å². The van der Waals surface area contributed by atoms with Crippen molar-refractivity contribution in [2.75, 3.05) is 34.3 Å². The molecule has 2 radical (unpaired) electrons. The molecule has 0 spiro atoms. The molecule has 15 heavy (non-hydrogen) atoms. The average Bonchev–Trinajstić information content (AvgIpc) is 2.16. The largest absolute Gasteiger partial charge is 0.357 e. The minimum Gasteiger partial charge on any atom is -0.357 e. The molecule has 0 bridgehead atoms. The van der Waals surface area contributed by atoms with Crippen LogP contribution in [-0.4, -0.2) is 68.7 Å². The van der Waals surface area contributed by atoms with E-state index in [9.17, 15) is 4.89 Å². The van der Waals surface area contributed by atoms with Crippen LogP contribution in [0, 0.1) is 0 Å². The summed E-state index contributed by atoms with van der Waals surface area (Å²) in [4.78, 5) is 10.2. The fourth-order valence-electron chi connectivity index (χ4n) is 1.33. The topological polar surface area (TPSA) is 45.2 Å². The quantitative estimate of drug-likeness (QED) is 0.541. The summed E-state index contributed by atoms with van der Waals surface area (Å²) in [5.41, 5.74) is 0. The van der Waals surface area contributed by atoms with Crippen LogP contribution in [0.1, 0.15) is 0 Å². The molecule has 0 aromatic carbocycles. The SMILES string of the molecule is [B]C1CN(P(O)(=S)N(C)C)CC(OC)O1. The lowest BCUT2D eigenvalue weighted by Gasteiger charge is -2.42. The van der Waals surface area contributed by atoms with Crippen molar-refractivity contribution >= 4 is 26.2 Å². The van der Waals surface area contributed by atoms with E-state index < -0.39 is 18.9 Å². The van der Waals surface area contributed by atoms with Crippen molar-refractivity contribution in [2.45, 2.75) is 12.3 Å². The summed E-state index contributed by atoms with van der Waals surface area (Å²) in [6.45, 7) is -1.80. The van der Waals surface area contributed by atoms with Crippen LogP contribution >= 0.6 is 6.57 Å². The summed E-state index contributed by atoms with van der Waals surface area (Å²) in [5, 5.41) is 0. The summed E-state index contributed by atoms with van der Waals surface area (Å²) >= 11 is 5.19. The zero-order chi connectivity index (χ0) is 11.6. The Kier molecular flexibility index (Phi) is 4.73. The maximum atomic E-state index is 10.2. The van der Waals surface area contributed by atoms with Crippen LogP contribution in [0.4, 0.5) is 0 Å². The molecule has 5 nitrogen and oxygen atoms in total. The Morgan fingerprint density at radius 1 is 1.60 bits per heavy atom. The molecule has 1 heterocycles. The molecule has 3 atom stereocenters. The second-order valence-corrected chi connectivity index (χ2v) is 7.43. The molecule has 3 unspecified atom stereocenters. The highest BCUT2D eigenvalue weighted by Gasteiger charge is 2.34. The van der Waals surface area contributed by atoms with Gasteiger partial charge in [0.1, 0.15) is 7.85 Å². The van der Waals surface area contributed by atoms with Crippen molar-refractivity contribution in [3.63, 3.8) is 0 Å². The first kappa shape index (κ1) is 13.6. The van der Waals surface area contributed by atoms with Gasteiger partial charge in [-0.2, -0.15) is 0 Å². The Morgan fingerprint density at radius 2 is 2.20 bits per heavy atom. The van der Waals surface area contributed by atoms with Gasteiger partial charge in [-0.15, -0.1) is 0 Å². The molecule has 8 heteroatoms. The molecule has 0 amide bonds.